The highest BCUT2D eigenvalue weighted by molar-refractivity contribution is 5.54. The molecule has 1 aliphatic heterocycles. The number of benzene rings is 1. The van der Waals surface area contributed by atoms with Crippen molar-refractivity contribution in [2.45, 2.75) is 20.0 Å². The zero-order valence-corrected chi connectivity index (χ0v) is 13.5. The van der Waals surface area contributed by atoms with Gasteiger partial charge in [0.25, 0.3) is 0 Å². The van der Waals surface area contributed by atoms with Gasteiger partial charge in [-0.3, -0.25) is 9.58 Å². The molecule has 2 heterocycles. The molecule has 0 unspecified atom stereocenters. The molecule has 0 amide bonds. The molecule has 2 aromatic rings. The average Bonchev–Trinajstić information content (AvgIpc) is 2.85. The zero-order valence-electron chi connectivity index (χ0n) is 13.5. The fourth-order valence-corrected chi connectivity index (χ4v) is 3.18. The molecule has 0 atom stereocenters. The van der Waals surface area contributed by atoms with Crippen LogP contribution in [0, 0.1) is 6.92 Å². The Morgan fingerprint density at radius 3 is 2.45 bits per heavy atom. The van der Waals surface area contributed by atoms with E-state index in [0.717, 1.165) is 38.4 Å². The molecule has 0 radical (unpaired) electrons. The highest BCUT2D eigenvalue weighted by atomic mass is 15.3. The van der Waals surface area contributed by atoms with E-state index in [9.17, 15) is 0 Å². The first-order valence-electron chi connectivity index (χ1n) is 7.92. The van der Waals surface area contributed by atoms with Gasteiger partial charge >= 0.3 is 0 Å². The van der Waals surface area contributed by atoms with Crippen LogP contribution in [0.2, 0.25) is 0 Å². The zero-order chi connectivity index (χ0) is 15.5. The van der Waals surface area contributed by atoms with Crippen LogP contribution in [0.5, 0.6) is 0 Å². The van der Waals surface area contributed by atoms with Crippen molar-refractivity contribution in [2.24, 2.45) is 12.8 Å². The molecule has 1 aromatic heterocycles. The third-order valence-electron chi connectivity index (χ3n) is 4.43. The number of hydrogen-bond donors (Lipinski definition) is 1. The van der Waals surface area contributed by atoms with Crippen LogP contribution in [-0.4, -0.2) is 40.9 Å². The van der Waals surface area contributed by atoms with E-state index in [1.165, 1.54) is 16.8 Å². The van der Waals surface area contributed by atoms with Gasteiger partial charge in [0.15, 0.2) is 0 Å². The van der Waals surface area contributed by atoms with E-state index >= 15 is 0 Å². The molecule has 2 N–H and O–H groups in total. The second kappa shape index (κ2) is 6.50. The van der Waals surface area contributed by atoms with Crippen molar-refractivity contribution in [2.75, 3.05) is 31.1 Å². The van der Waals surface area contributed by atoms with Crippen LogP contribution in [0.3, 0.4) is 0 Å². The summed E-state index contributed by atoms with van der Waals surface area (Å²) in [6.07, 6.45) is 2.13. The summed E-state index contributed by atoms with van der Waals surface area (Å²) in [7, 11) is 1.98. The number of rotatable bonds is 4. The molecule has 0 aliphatic carbocycles. The Hall–Kier alpha value is -1.85. The minimum absolute atomic E-state index is 0.602. The van der Waals surface area contributed by atoms with Gasteiger partial charge in [-0.15, -0.1) is 0 Å². The van der Waals surface area contributed by atoms with Crippen molar-refractivity contribution in [3.05, 3.63) is 47.3 Å². The summed E-state index contributed by atoms with van der Waals surface area (Å²) in [5, 5.41) is 4.43. The second-order valence-corrected chi connectivity index (χ2v) is 6.01. The number of nitrogens with zero attached hydrogens (tertiary/aromatic N) is 4. The molecule has 5 nitrogen and oxygen atoms in total. The van der Waals surface area contributed by atoms with Crippen LogP contribution in [0.4, 0.5) is 5.69 Å². The number of hydrogen-bond acceptors (Lipinski definition) is 4. The molecule has 1 saturated heterocycles. The van der Waals surface area contributed by atoms with Gasteiger partial charge in [-0.2, -0.15) is 5.10 Å². The van der Waals surface area contributed by atoms with E-state index in [1.807, 2.05) is 11.7 Å². The van der Waals surface area contributed by atoms with Gasteiger partial charge in [-0.25, -0.2) is 0 Å². The lowest BCUT2D eigenvalue weighted by atomic mass is 10.1. The smallest absolute Gasteiger partial charge is 0.0638 e. The summed E-state index contributed by atoms with van der Waals surface area (Å²) in [5.41, 5.74) is 10.9. The van der Waals surface area contributed by atoms with Gasteiger partial charge in [0, 0.05) is 63.8 Å². The van der Waals surface area contributed by atoms with E-state index in [-0.39, 0.29) is 0 Å². The van der Waals surface area contributed by atoms with Crippen molar-refractivity contribution in [3.63, 3.8) is 0 Å². The van der Waals surface area contributed by atoms with E-state index in [0.29, 0.717) is 6.54 Å². The number of para-hydroxylation sites is 1. The molecule has 1 aromatic carbocycles. The van der Waals surface area contributed by atoms with Gasteiger partial charge in [0.2, 0.25) is 0 Å². The van der Waals surface area contributed by atoms with Crippen molar-refractivity contribution in [1.82, 2.24) is 14.7 Å². The van der Waals surface area contributed by atoms with Gasteiger partial charge in [-0.1, -0.05) is 18.2 Å². The number of aromatic nitrogens is 2. The van der Waals surface area contributed by atoms with E-state index in [4.69, 9.17) is 5.73 Å². The molecule has 0 spiro atoms. The second-order valence-electron chi connectivity index (χ2n) is 6.01. The fourth-order valence-electron chi connectivity index (χ4n) is 3.18. The Morgan fingerprint density at radius 2 is 1.82 bits per heavy atom. The maximum atomic E-state index is 5.86. The average molecular weight is 299 g/mol. The van der Waals surface area contributed by atoms with Crippen molar-refractivity contribution >= 4 is 5.69 Å². The monoisotopic (exact) mass is 299 g/mol. The summed E-state index contributed by atoms with van der Waals surface area (Å²) in [6, 6.07) is 8.47. The van der Waals surface area contributed by atoms with E-state index < -0.39 is 0 Å². The molecule has 0 saturated carbocycles. The number of anilines is 1. The minimum Gasteiger partial charge on any atom is -0.369 e. The maximum absolute atomic E-state index is 5.86. The molecular formula is C17H25N5. The van der Waals surface area contributed by atoms with Crippen LogP contribution in [0.25, 0.3) is 0 Å². The quantitative estimate of drug-likeness (QED) is 0.930. The topological polar surface area (TPSA) is 50.3 Å². The van der Waals surface area contributed by atoms with Crippen LogP contribution < -0.4 is 10.6 Å². The van der Waals surface area contributed by atoms with Crippen LogP contribution in [0.1, 0.15) is 16.8 Å². The summed E-state index contributed by atoms with van der Waals surface area (Å²) in [6.45, 7) is 7.94. The summed E-state index contributed by atoms with van der Waals surface area (Å²) < 4.78 is 1.90. The van der Waals surface area contributed by atoms with Gasteiger partial charge in [0.1, 0.15) is 0 Å². The number of piperazine rings is 1. The molecule has 118 valence electrons. The molecule has 3 rings (SSSR count). The molecular weight excluding hydrogens is 274 g/mol. The normalized spacial score (nSPS) is 16.2. The summed E-state index contributed by atoms with van der Waals surface area (Å²) >= 11 is 0. The van der Waals surface area contributed by atoms with Crippen LogP contribution >= 0.6 is 0 Å². The van der Waals surface area contributed by atoms with Crippen molar-refractivity contribution in [3.8, 4) is 0 Å². The number of nitrogens with two attached hydrogens (primary N) is 1. The Balaban J connectivity index is 1.62. The lowest BCUT2D eigenvalue weighted by molar-refractivity contribution is 0.249. The standard InChI is InChI=1S/C17H25N5/c1-14-16(12-20(2)19-14)13-21-7-9-22(10-8-21)17-6-4-3-5-15(17)11-18/h3-6,12H,7-11,13,18H2,1-2H3. The lowest BCUT2D eigenvalue weighted by Crippen LogP contribution is -2.46. The third-order valence-corrected chi connectivity index (χ3v) is 4.43. The van der Waals surface area contributed by atoms with Crippen LogP contribution in [0.15, 0.2) is 30.5 Å². The molecule has 22 heavy (non-hydrogen) atoms. The molecule has 1 aliphatic rings. The SMILES string of the molecule is Cc1nn(C)cc1CN1CCN(c2ccccc2CN)CC1. The predicted molar refractivity (Wildman–Crippen MR) is 89.8 cm³/mol. The Bertz CT molecular complexity index is 626. The van der Waals surface area contributed by atoms with Crippen molar-refractivity contribution < 1.29 is 0 Å². The van der Waals surface area contributed by atoms with E-state index in [1.54, 1.807) is 0 Å². The minimum atomic E-state index is 0.602. The Morgan fingerprint density at radius 1 is 1.09 bits per heavy atom. The third kappa shape index (κ3) is 3.15. The van der Waals surface area contributed by atoms with Gasteiger partial charge in [0.05, 0.1) is 5.69 Å². The highest BCUT2D eigenvalue weighted by Crippen LogP contribution is 2.22. The maximum Gasteiger partial charge on any atom is 0.0638 e. The highest BCUT2D eigenvalue weighted by Gasteiger charge is 2.19. The molecule has 1 fully saturated rings. The fraction of sp³-hybridized carbons (Fsp3) is 0.471. The number of aryl methyl sites for hydroxylation is 2. The first-order chi connectivity index (χ1) is 10.7. The van der Waals surface area contributed by atoms with Crippen LogP contribution in [-0.2, 0) is 20.1 Å². The first-order valence-corrected chi connectivity index (χ1v) is 7.92. The summed E-state index contributed by atoms with van der Waals surface area (Å²) in [4.78, 5) is 4.96. The summed E-state index contributed by atoms with van der Waals surface area (Å²) in [5.74, 6) is 0. The first kappa shape index (κ1) is 15.1. The van der Waals surface area contributed by atoms with Gasteiger partial charge < -0.3 is 10.6 Å². The predicted octanol–water partition coefficient (Wildman–Crippen LogP) is 1.51. The molecule has 0 bridgehead atoms. The van der Waals surface area contributed by atoms with Gasteiger partial charge in [-0.05, 0) is 18.6 Å². The largest absolute Gasteiger partial charge is 0.369 e. The Kier molecular flexibility index (Phi) is 4.45. The van der Waals surface area contributed by atoms with E-state index in [2.05, 4.69) is 52.3 Å². The lowest BCUT2D eigenvalue weighted by Gasteiger charge is -2.36. The van der Waals surface area contributed by atoms with Crippen molar-refractivity contribution in [1.29, 1.82) is 0 Å². The Labute approximate surface area is 132 Å². The molecule has 5 heteroatoms.